The fraction of sp³-hybridized carbons (Fsp3) is 0.263. The topological polar surface area (TPSA) is 62.7 Å². The average Bonchev–Trinajstić information content (AvgIpc) is 3.29. The summed E-state index contributed by atoms with van der Waals surface area (Å²) in [5.74, 6) is 0.668. The molecule has 3 heterocycles. The molecule has 128 valence electrons. The Balaban J connectivity index is 1.80. The van der Waals surface area contributed by atoms with E-state index < -0.39 is 0 Å². The van der Waals surface area contributed by atoms with Crippen molar-refractivity contribution < 1.29 is 13.6 Å². The first-order chi connectivity index (χ1) is 12.2. The molecule has 1 atom stereocenters. The van der Waals surface area contributed by atoms with Crippen molar-refractivity contribution in [2.75, 3.05) is 23.4 Å². The number of carbonyl (C=O) groups excluding carboxylic acids is 1. The van der Waals surface area contributed by atoms with Crippen LogP contribution in [0.15, 0.2) is 57.9 Å². The lowest BCUT2D eigenvalue weighted by Crippen LogP contribution is -2.39. The largest absolute Gasteiger partial charge is 0.461 e. The Morgan fingerprint density at radius 1 is 1.16 bits per heavy atom. The second-order valence-electron chi connectivity index (χ2n) is 6.23. The molecule has 6 nitrogen and oxygen atoms in total. The first-order valence-corrected chi connectivity index (χ1v) is 8.28. The zero-order valence-corrected chi connectivity index (χ0v) is 14.2. The number of anilines is 2. The van der Waals surface area contributed by atoms with Crippen LogP contribution >= 0.6 is 0 Å². The van der Waals surface area contributed by atoms with Gasteiger partial charge in [0.05, 0.1) is 17.6 Å². The molecule has 0 N–H and O–H groups in total. The van der Waals surface area contributed by atoms with Crippen LogP contribution in [-0.2, 0) is 0 Å². The van der Waals surface area contributed by atoms with Crippen LogP contribution in [0, 0.1) is 0 Å². The standard InChI is InChI=1S/C19H19N3O3/c1-13-9-10-21(2)14-6-3-4-7-15(14)22(13)19(23)17-18(25-12-20-17)16-8-5-11-24-16/h3-8,11-13H,9-10H2,1-2H3. The molecule has 0 aliphatic carbocycles. The third kappa shape index (κ3) is 2.59. The van der Waals surface area contributed by atoms with E-state index in [2.05, 4.69) is 16.8 Å². The van der Waals surface area contributed by atoms with Crippen LogP contribution in [0.2, 0.25) is 0 Å². The predicted molar refractivity (Wildman–Crippen MR) is 94.8 cm³/mol. The fourth-order valence-corrected chi connectivity index (χ4v) is 3.26. The van der Waals surface area contributed by atoms with E-state index in [1.807, 2.05) is 36.2 Å². The van der Waals surface area contributed by atoms with E-state index in [4.69, 9.17) is 8.83 Å². The Bertz CT molecular complexity index is 885. The highest BCUT2D eigenvalue weighted by Gasteiger charge is 2.32. The monoisotopic (exact) mass is 337 g/mol. The SMILES string of the molecule is CC1CCN(C)c2ccccc2N1C(=O)c1ncoc1-c1ccco1. The van der Waals surface area contributed by atoms with Crippen molar-refractivity contribution in [3.8, 4) is 11.5 Å². The Labute approximate surface area is 145 Å². The van der Waals surface area contributed by atoms with Crippen molar-refractivity contribution in [2.24, 2.45) is 0 Å². The lowest BCUT2D eigenvalue weighted by atomic mass is 10.1. The lowest BCUT2D eigenvalue weighted by molar-refractivity contribution is 0.0974. The molecule has 1 amide bonds. The minimum absolute atomic E-state index is 0.0414. The summed E-state index contributed by atoms with van der Waals surface area (Å²) in [4.78, 5) is 21.5. The first-order valence-electron chi connectivity index (χ1n) is 8.28. The molecule has 4 rings (SSSR count). The van der Waals surface area contributed by atoms with Gasteiger partial charge in [0.25, 0.3) is 5.91 Å². The second-order valence-corrected chi connectivity index (χ2v) is 6.23. The average molecular weight is 337 g/mol. The summed E-state index contributed by atoms with van der Waals surface area (Å²) in [5, 5.41) is 0. The number of furan rings is 1. The van der Waals surface area contributed by atoms with Gasteiger partial charge in [-0.1, -0.05) is 12.1 Å². The second kappa shape index (κ2) is 6.12. The Morgan fingerprint density at radius 2 is 1.96 bits per heavy atom. The van der Waals surface area contributed by atoms with Gasteiger partial charge in [0, 0.05) is 19.6 Å². The summed E-state index contributed by atoms with van der Waals surface area (Å²) >= 11 is 0. The minimum Gasteiger partial charge on any atom is -0.461 e. The van der Waals surface area contributed by atoms with Gasteiger partial charge in [-0.05, 0) is 37.6 Å². The highest BCUT2D eigenvalue weighted by molar-refractivity contribution is 6.09. The summed E-state index contributed by atoms with van der Waals surface area (Å²) < 4.78 is 10.8. The van der Waals surface area contributed by atoms with Gasteiger partial charge in [0.1, 0.15) is 0 Å². The van der Waals surface area contributed by atoms with Crippen molar-refractivity contribution >= 4 is 17.3 Å². The van der Waals surface area contributed by atoms with E-state index in [0.717, 1.165) is 24.3 Å². The van der Waals surface area contributed by atoms with E-state index in [9.17, 15) is 4.79 Å². The molecule has 0 saturated carbocycles. The van der Waals surface area contributed by atoms with E-state index in [0.29, 0.717) is 11.5 Å². The molecule has 6 heteroatoms. The van der Waals surface area contributed by atoms with Crippen molar-refractivity contribution in [1.29, 1.82) is 0 Å². The van der Waals surface area contributed by atoms with Gasteiger partial charge in [-0.3, -0.25) is 4.79 Å². The van der Waals surface area contributed by atoms with Gasteiger partial charge in [-0.15, -0.1) is 0 Å². The molecule has 0 saturated heterocycles. The summed E-state index contributed by atoms with van der Waals surface area (Å²) in [6.45, 7) is 2.94. The van der Waals surface area contributed by atoms with Crippen molar-refractivity contribution in [3.05, 3.63) is 54.7 Å². The number of hydrogen-bond acceptors (Lipinski definition) is 5. The maximum atomic E-state index is 13.4. The summed E-state index contributed by atoms with van der Waals surface area (Å²) in [5.41, 5.74) is 2.18. The van der Waals surface area contributed by atoms with Gasteiger partial charge in [-0.25, -0.2) is 4.98 Å². The van der Waals surface area contributed by atoms with Crippen LogP contribution in [0.1, 0.15) is 23.8 Å². The number of benzene rings is 1. The van der Waals surface area contributed by atoms with E-state index in [-0.39, 0.29) is 17.6 Å². The molecule has 3 aromatic rings. The molecule has 2 aromatic heterocycles. The first kappa shape index (κ1) is 15.5. The molecule has 1 aliphatic heterocycles. The van der Waals surface area contributed by atoms with Crippen LogP contribution in [0.4, 0.5) is 11.4 Å². The number of hydrogen-bond donors (Lipinski definition) is 0. The Hall–Kier alpha value is -3.02. The van der Waals surface area contributed by atoms with E-state index in [1.54, 1.807) is 18.4 Å². The van der Waals surface area contributed by atoms with Crippen LogP contribution in [-0.4, -0.2) is 30.5 Å². The maximum absolute atomic E-state index is 13.4. The zero-order valence-electron chi connectivity index (χ0n) is 14.2. The van der Waals surface area contributed by atoms with Crippen LogP contribution in [0.5, 0.6) is 0 Å². The van der Waals surface area contributed by atoms with E-state index >= 15 is 0 Å². The number of aromatic nitrogens is 1. The molecule has 0 radical (unpaired) electrons. The number of para-hydroxylation sites is 2. The molecule has 0 bridgehead atoms. The molecule has 1 unspecified atom stereocenters. The molecule has 0 spiro atoms. The molecule has 0 fully saturated rings. The maximum Gasteiger partial charge on any atom is 0.281 e. The smallest absolute Gasteiger partial charge is 0.281 e. The third-order valence-corrected chi connectivity index (χ3v) is 4.61. The minimum atomic E-state index is -0.185. The Morgan fingerprint density at radius 3 is 2.72 bits per heavy atom. The zero-order chi connectivity index (χ0) is 17.4. The van der Waals surface area contributed by atoms with Crippen LogP contribution < -0.4 is 9.80 Å². The molecule has 1 aliphatic rings. The highest BCUT2D eigenvalue weighted by Crippen LogP contribution is 2.35. The van der Waals surface area contributed by atoms with Crippen molar-refractivity contribution in [1.82, 2.24) is 4.98 Å². The van der Waals surface area contributed by atoms with Crippen molar-refractivity contribution in [3.63, 3.8) is 0 Å². The molecular formula is C19H19N3O3. The van der Waals surface area contributed by atoms with Crippen LogP contribution in [0.25, 0.3) is 11.5 Å². The third-order valence-electron chi connectivity index (χ3n) is 4.61. The summed E-state index contributed by atoms with van der Waals surface area (Å²) in [6, 6.07) is 11.5. The normalized spacial score (nSPS) is 17.3. The summed E-state index contributed by atoms with van der Waals surface area (Å²) in [6.07, 6.45) is 3.70. The number of nitrogens with zero attached hydrogens (tertiary/aromatic N) is 3. The molecular weight excluding hydrogens is 318 g/mol. The van der Waals surface area contributed by atoms with Crippen molar-refractivity contribution in [2.45, 2.75) is 19.4 Å². The van der Waals surface area contributed by atoms with Gasteiger partial charge in [0.2, 0.25) is 5.76 Å². The summed E-state index contributed by atoms with van der Waals surface area (Å²) in [7, 11) is 2.05. The highest BCUT2D eigenvalue weighted by atomic mass is 16.4. The quantitative estimate of drug-likeness (QED) is 0.711. The predicted octanol–water partition coefficient (Wildman–Crippen LogP) is 3.81. The number of fused-ring (bicyclic) bond motifs is 1. The van der Waals surface area contributed by atoms with Crippen LogP contribution in [0.3, 0.4) is 0 Å². The Kier molecular flexibility index (Phi) is 3.80. The van der Waals surface area contributed by atoms with Gasteiger partial charge >= 0.3 is 0 Å². The fourth-order valence-electron chi connectivity index (χ4n) is 3.26. The van der Waals surface area contributed by atoms with Gasteiger partial charge in [0.15, 0.2) is 17.8 Å². The number of amides is 1. The number of carbonyl (C=O) groups is 1. The lowest BCUT2D eigenvalue weighted by Gasteiger charge is -2.28. The van der Waals surface area contributed by atoms with E-state index in [1.165, 1.54) is 6.39 Å². The molecule has 25 heavy (non-hydrogen) atoms. The molecule has 1 aromatic carbocycles. The van der Waals surface area contributed by atoms with Gasteiger partial charge < -0.3 is 18.6 Å². The van der Waals surface area contributed by atoms with Gasteiger partial charge in [-0.2, -0.15) is 0 Å². The number of oxazole rings is 1. The number of rotatable bonds is 2.